The first-order chi connectivity index (χ1) is 10.3. The van der Waals surface area contributed by atoms with E-state index < -0.39 is 5.54 Å². The molecule has 22 heavy (non-hydrogen) atoms. The topological polar surface area (TPSA) is 81.1 Å². The van der Waals surface area contributed by atoms with Gasteiger partial charge in [-0.15, -0.1) is 0 Å². The predicted octanol–water partition coefficient (Wildman–Crippen LogP) is 2.79. The van der Waals surface area contributed by atoms with E-state index >= 15 is 0 Å². The number of nitrogens with one attached hydrogen (secondary N) is 1. The molecule has 2 rings (SSSR count). The van der Waals surface area contributed by atoms with E-state index in [0.29, 0.717) is 6.54 Å². The smallest absolute Gasteiger partial charge is 0.244 e. The van der Waals surface area contributed by atoms with Crippen molar-refractivity contribution in [2.45, 2.75) is 56.5 Å². The number of halogens is 1. The van der Waals surface area contributed by atoms with Crippen LogP contribution in [0.3, 0.4) is 0 Å². The lowest BCUT2D eigenvalue weighted by atomic mass is 9.89. The Labute approximate surface area is 141 Å². The number of carbonyl (C=O) groups excluding carboxylic acids is 1. The van der Waals surface area contributed by atoms with E-state index in [1.54, 1.807) is 6.92 Å². The van der Waals surface area contributed by atoms with Crippen molar-refractivity contribution < 1.29 is 4.79 Å². The van der Waals surface area contributed by atoms with Gasteiger partial charge in [0, 0.05) is 16.6 Å². The molecule has 0 bridgehead atoms. The number of carbonyl (C=O) groups is 1. The maximum atomic E-state index is 12.5. The predicted molar refractivity (Wildman–Crippen MR) is 93.3 cm³/mol. The van der Waals surface area contributed by atoms with Crippen LogP contribution in [0.25, 0.3) is 0 Å². The van der Waals surface area contributed by atoms with Crippen LogP contribution in [0, 0.1) is 0 Å². The van der Waals surface area contributed by atoms with Gasteiger partial charge in [-0.25, -0.2) is 0 Å². The van der Waals surface area contributed by atoms with Gasteiger partial charge in [0.1, 0.15) is 5.54 Å². The first-order valence-electron chi connectivity index (χ1n) is 7.96. The Kier molecular flexibility index (Phi) is 5.64. The summed E-state index contributed by atoms with van der Waals surface area (Å²) in [6, 6.07) is 7.52. The minimum atomic E-state index is -1.05. The number of hydrogen-bond acceptors (Lipinski definition) is 3. The van der Waals surface area contributed by atoms with Gasteiger partial charge in [0.2, 0.25) is 5.91 Å². The van der Waals surface area contributed by atoms with Crippen molar-refractivity contribution in [3.63, 3.8) is 0 Å². The SMILES string of the molecule is CC(N)(C(=O)NCC1(N)CCCCCC1)c1ccc(Br)cc1. The van der Waals surface area contributed by atoms with E-state index in [-0.39, 0.29) is 11.4 Å². The molecule has 122 valence electrons. The Hall–Kier alpha value is -0.910. The number of rotatable bonds is 4. The zero-order valence-electron chi connectivity index (χ0n) is 13.2. The van der Waals surface area contributed by atoms with Crippen molar-refractivity contribution in [3.05, 3.63) is 34.3 Å². The summed E-state index contributed by atoms with van der Waals surface area (Å²) in [7, 11) is 0. The second-order valence-electron chi connectivity index (χ2n) is 6.67. The van der Waals surface area contributed by atoms with Crippen molar-refractivity contribution in [3.8, 4) is 0 Å². The second kappa shape index (κ2) is 7.11. The van der Waals surface area contributed by atoms with E-state index in [9.17, 15) is 4.79 Å². The lowest BCUT2D eigenvalue weighted by Gasteiger charge is -2.31. The van der Waals surface area contributed by atoms with E-state index in [4.69, 9.17) is 11.5 Å². The molecule has 0 heterocycles. The Balaban J connectivity index is 1.99. The zero-order chi connectivity index (χ0) is 16.2. The monoisotopic (exact) mass is 367 g/mol. The summed E-state index contributed by atoms with van der Waals surface area (Å²) in [5.74, 6) is -0.177. The van der Waals surface area contributed by atoms with Crippen molar-refractivity contribution in [1.82, 2.24) is 5.32 Å². The molecule has 1 aromatic rings. The average molecular weight is 368 g/mol. The molecule has 5 heteroatoms. The number of hydrogen-bond donors (Lipinski definition) is 3. The van der Waals surface area contributed by atoms with Gasteiger partial charge in [0.25, 0.3) is 0 Å². The zero-order valence-corrected chi connectivity index (χ0v) is 14.8. The first kappa shape index (κ1) is 17.4. The Morgan fingerprint density at radius 3 is 2.32 bits per heavy atom. The minimum absolute atomic E-state index is 0.177. The fraction of sp³-hybridized carbons (Fsp3) is 0.588. The second-order valence-corrected chi connectivity index (χ2v) is 7.58. The highest BCUT2D eigenvalue weighted by Gasteiger charge is 2.33. The van der Waals surface area contributed by atoms with Crippen LogP contribution in [0.2, 0.25) is 0 Å². The summed E-state index contributed by atoms with van der Waals surface area (Å²) in [5.41, 5.74) is 12.1. The summed E-state index contributed by atoms with van der Waals surface area (Å²) in [6.45, 7) is 2.23. The van der Waals surface area contributed by atoms with Crippen molar-refractivity contribution in [2.24, 2.45) is 11.5 Å². The Morgan fingerprint density at radius 1 is 1.23 bits per heavy atom. The van der Waals surface area contributed by atoms with Crippen LogP contribution in [0.4, 0.5) is 0 Å². The molecule has 1 saturated carbocycles. The average Bonchev–Trinajstić information content (AvgIpc) is 2.70. The third-order valence-corrected chi connectivity index (χ3v) is 5.14. The molecule has 1 amide bonds. The van der Waals surface area contributed by atoms with E-state index in [1.165, 1.54) is 12.8 Å². The summed E-state index contributed by atoms with van der Waals surface area (Å²) in [5, 5.41) is 2.97. The third-order valence-electron chi connectivity index (χ3n) is 4.62. The van der Waals surface area contributed by atoms with Crippen LogP contribution in [-0.4, -0.2) is 18.0 Å². The largest absolute Gasteiger partial charge is 0.352 e. The van der Waals surface area contributed by atoms with Gasteiger partial charge in [0.15, 0.2) is 0 Å². The lowest BCUT2D eigenvalue weighted by Crippen LogP contribution is -2.55. The van der Waals surface area contributed by atoms with Gasteiger partial charge in [-0.1, -0.05) is 53.7 Å². The van der Waals surface area contributed by atoms with Crippen molar-refractivity contribution in [2.75, 3.05) is 6.54 Å². The van der Waals surface area contributed by atoms with E-state index in [0.717, 1.165) is 35.7 Å². The molecular weight excluding hydrogens is 342 g/mol. The fourth-order valence-corrected chi connectivity index (χ4v) is 3.24. The van der Waals surface area contributed by atoms with Gasteiger partial charge in [-0.05, 0) is 37.5 Å². The fourth-order valence-electron chi connectivity index (χ4n) is 2.98. The van der Waals surface area contributed by atoms with Crippen LogP contribution in [0.1, 0.15) is 51.0 Å². The molecule has 5 N–H and O–H groups in total. The molecule has 1 atom stereocenters. The molecule has 0 spiro atoms. The molecule has 1 unspecified atom stereocenters. The van der Waals surface area contributed by atoms with Gasteiger partial charge in [-0.2, -0.15) is 0 Å². The molecule has 1 aliphatic rings. The van der Waals surface area contributed by atoms with Gasteiger partial charge in [0.05, 0.1) is 0 Å². The molecule has 1 fully saturated rings. The van der Waals surface area contributed by atoms with Crippen LogP contribution in [-0.2, 0) is 10.3 Å². The summed E-state index contributed by atoms with van der Waals surface area (Å²) in [6.07, 6.45) is 6.68. The third kappa shape index (κ3) is 4.31. The van der Waals surface area contributed by atoms with Crippen LogP contribution < -0.4 is 16.8 Å². The summed E-state index contributed by atoms with van der Waals surface area (Å²) in [4.78, 5) is 12.5. The summed E-state index contributed by atoms with van der Waals surface area (Å²) >= 11 is 3.39. The number of nitrogens with two attached hydrogens (primary N) is 2. The maximum Gasteiger partial charge on any atom is 0.244 e. The Bertz CT molecular complexity index is 505. The van der Waals surface area contributed by atoms with Gasteiger partial charge in [-0.3, -0.25) is 4.79 Å². The van der Waals surface area contributed by atoms with Crippen molar-refractivity contribution in [1.29, 1.82) is 0 Å². The standard InChI is InChI=1S/C17H26BrN3O/c1-16(19,13-6-8-14(18)9-7-13)15(22)21-12-17(20)10-4-2-3-5-11-17/h6-9H,2-5,10-12,19-20H2,1H3,(H,21,22). The maximum absolute atomic E-state index is 12.5. The lowest BCUT2D eigenvalue weighted by molar-refractivity contribution is -0.126. The molecular formula is C17H26BrN3O. The molecule has 1 aromatic carbocycles. The molecule has 0 aliphatic heterocycles. The highest BCUT2D eigenvalue weighted by atomic mass is 79.9. The van der Waals surface area contributed by atoms with Crippen molar-refractivity contribution >= 4 is 21.8 Å². The van der Waals surface area contributed by atoms with Crippen LogP contribution in [0.15, 0.2) is 28.7 Å². The quantitative estimate of drug-likeness (QED) is 0.715. The molecule has 0 aromatic heterocycles. The van der Waals surface area contributed by atoms with Gasteiger partial charge < -0.3 is 16.8 Å². The molecule has 4 nitrogen and oxygen atoms in total. The molecule has 0 radical (unpaired) electrons. The first-order valence-corrected chi connectivity index (χ1v) is 8.75. The highest BCUT2D eigenvalue weighted by molar-refractivity contribution is 9.10. The van der Waals surface area contributed by atoms with Gasteiger partial charge >= 0.3 is 0 Å². The van der Waals surface area contributed by atoms with E-state index in [2.05, 4.69) is 21.2 Å². The normalized spacial score (nSPS) is 20.7. The van der Waals surface area contributed by atoms with Crippen LogP contribution in [0.5, 0.6) is 0 Å². The minimum Gasteiger partial charge on any atom is -0.352 e. The molecule has 1 aliphatic carbocycles. The number of benzene rings is 1. The number of amides is 1. The van der Waals surface area contributed by atoms with E-state index in [1.807, 2.05) is 24.3 Å². The summed E-state index contributed by atoms with van der Waals surface area (Å²) < 4.78 is 0.965. The Morgan fingerprint density at radius 2 is 1.77 bits per heavy atom. The highest BCUT2D eigenvalue weighted by Crippen LogP contribution is 2.25. The molecule has 0 saturated heterocycles. The van der Waals surface area contributed by atoms with Crippen LogP contribution >= 0.6 is 15.9 Å².